The molecule has 0 aliphatic carbocycles. The molecule has 9 heteroatoms. The lowest BCUT2D eigenvalue weighted by atomic mass is 10.3. The molecule has 0 aliphatic heterocycles. The third kappa shape index (κ3) is 4.37. The Labute approximate surface area is 165 Å². The third-order valence-corrected chi connectivity index (χ3v) is 4.90. The molecule has 0 spiro atoms. The molecule has 3 rings (SSSR count). The van der Waals surface area contributed by atoms with E-state index in [1.165, 1.54) is 17.4 Å². The van der Waals surface area contributed by atoms with Crippen LogP contribution < -0.4 is 10.1 Å². The fraction of sp³-hybridized carbons (Fsp3) is 0.263. The van der Waals surface area contributed by atoms with Crippen LogP contribution in [0, 0.1) is 17.0 Å². The Hall–Kier alpha value is -3.20. The summed E-state index contributed by atoms with van der Waals surface area (Å²) >= 11 is 1.29. The van der Waals surface area contributed by atoms with E-state index in [0.29, 0.717) is 10.7 Å². The number of carbonyl (C=O) groups is 1. The predicted molar refractivity (Wildman–Crippen MR) is 107 cm³/mol. The topological polar surface area (TPSA) is 99.3 Å². The molecule has 0 aliphatic rings. The first-order valence-corrected chi connectivity index (χ1v) is 9.54. The molecular formula is C19H20N4O4S. The van der Waals surface area contributed by atoms with Gasteiger partial charge in [-0.2, -0.15) is 5.10 Å². The molecule has 1 N–H and O–H groups in total. The second kappa shape index (κ2) is 8.22. The number of aromatic nitrogens is 2. The van der Waals surface area contributed by atoms with Gasteiger partial charge in [-0.1, -0.05) is 12.1 Å². The monoisotopic (exact) mass is 400 g/mol. The van der Waals surface area contributed by atoms with Gasteiger partial charge in [0.2, 0.25) is 0 Å². The van der Waals surface area contributed by atoms with Crippen LogP contribution in [0.2, 0.25) is 0 Å². The van der Waals surface area contributed by atoms with E-state index in [1.54, 1.807) is 34.3 Å². The Bertz CT molecular complexity index is 1010. The van der Waals surface area contributed by atoms with Crippen LogP contribution in [0.5, 0.6) is 5.75 Å². The molecule has 3 aromatic rings. The number of nitro groups is 1. The second-order valence-corrected chi connectivity index (χ2v) is 7.41. The maximum Gasteiger partial charge on any atom is 0.310 e. The summed E-state index contributed by atoms with van der Waals surface area (Å²) in [5.74, 6) is 0.605. The van der Waals surface area contributed by atoms with E-state index >= 15 is 0 Å². The van der Waals surface area contributed by atoms with Crippen molar-refractivity contribution in [1.29, 1.82) is 0 Å². The number of thiophene rings is 1. The lowest BCUT2D eigenvalue weighted by Gasteiger charge is -2.11. The summed E-state index contributed by atoms with van der Waals surface area (Å²) in [4.78, 5) is 23.6. The van der Waals surface area contributed by atoms with Crippen molar-refractivity contribution in [3.05, 3.63) is 68.0 Å². The average molecular weight is 400 g/mol. The van der Waals surface area contributed by atoms with Gasteiger partial charge >= 0.3 is 5.69 Å². The van der Waals surface area contributed by atoms with Crippen molar-refractivity contribution < 1.29 is 14.5 Å². The van der Waals surface area contributed by atoms with Gasteiger partial charge in [-0.3, -0.25) is 14.9 Å². The van der Waals surface area contributed by atoms with Gasteiger partial charge in [0, 0.05) is 23.7 Å². The lowest BCUT2D eigenvalue weighted by Crippen LogP contribution is -2.15. The summed E-state index contributed by atoms with van der Waals surface area (Å²) in [5.41, 5.74) is 1.50. The first kappa shape index (κ1) is 19.6. The van der Waals surface area contributed by atoms with Gasteiger partial charge in [-0.15, -0.1) is 11.3 Å². The number of ether oxygens (including phenoxy) is 1. The van der Waals surface area contributed by atoms with Crippen LogP contribution in [0.25, 0.3) is 0 Å². The number of anilines is 1. The van der Waals surface area contributed by atoms with Crippen molar-refractivity contribution >= 4 is 28.7 Å². The zero-order chi connectivity index (χ0) is 20.3. The molecular weight excluding hydrogens is 380 g/mol. The van der Waals surface area contributed by atoms with Crippen molar-refractivity contribution in [2.45, 2.75) is 33.4 Å². The first-order chi connectivity index (χ1) is 13.3. The zero-order valence-electron chi connectivity index (χ0n) is 15.7. The standard InChI is InChI=1S/C19H20N4O4S/c1-12(2)22-18(8-13(3)21-22)20-19(24)17-9-14(11-28-17)10-27-16-7-5-4-6-15(16)23(25)26/h4-9,11-12H,10H2,1-3H3,(H,20,24). The van der Waals surface area contributed by atoms with Gasteiger partial charge < -0.3 is 10.1 Å². The van der Waals surface area contributed by atoms with E-state index in [9.17, 15) is 14.9 Å². The quantitative estimate of drug-likeness (QED) is 0.462. The van der Waals surface area contributed by atoms with Crippen molar-refractivity contribution in [1.82, 2.24) is 9.78 Å². The molecule has 1 aromatic carbocycles. The van der Waals surface area contributed by atoms with Gasteiger partial charge in [0.25, 0.3) is 5.91 Å². The number of para-hydroxylation sites is 2. The Morgan fingerprint density at radius 3 is 2.82 bits per heavy atom. The summed E-state index contributed by atoms with van der Waals surface area (Å²) in [7, 11) is 0. The van der Waals surface area contributed by atoms with Gasteiger partial charge in [0.15, 0.2) is 5.75 Å². The van der Waals surface area contributed by atoms with Crippen molar-refractivity contribution in [3.8, 4) is 5.75 Å². The molecule has 8 nitrogen and oxygen atoms in total. The lowest BCUT2D eigenvalue weighted by molar-refractivity contribution is -0.385. The molecule has 0 atom stereocenters. The Balaban J connectivity index is 1.67. The number of nitrogens with one attached hydrogen (secondary N) is 1. The molecule has 28 heavy (non-hydrogen) atoms. The van der Waals surface area contributed by atoms with Gasteiger partial charge in [-0.25, -0.2) is 4.68 Å². The van der Waals surface area contributed by atoms with Gasteiger partial charge in [0.05, 0.1) is 15.5 Å². The van der Waals surface area contributed by atoms with Gasteiger partial charge in [0.1, 0.15) is 12.4 Å². The van der Waals surface area contributed by atoms with Crippen molar-refractivity contribution in [3.63, 3.8) is 0 Å². The van der Waals surface area contributed by atoms with Crippen molar-refractivity contribution in [2.75, 3.05) is 5.32 Å². The van der Waals surface area contributed by atoms with E-state index < -0.39 is 4.92 Å². The smallest absolute Gasteiger partial charge is 0.310 e. The Morgan fingerprint density at radius 1 is 1.36 bits per heavy atom. The highest BCUT2D eigenvalue weighted by atomic mass is 32.1. The van der Waals surface area contributed by atoms with E-state index in [1.807, 2.05) is 26.8 Å². The van der Waals surface area contributed by atoms with Crippen LogP contribution in [0.3, 0.4) is 0 Å². The largest absolute Gasteiger partial charge is 0.482 e. The minimum Gasteiger partial charge on any atom is -0.482 e. The van der Waals surface area contributed by atoms with Crippen LogP contribution in [0.4, 0.5) is 11.5 Å². The van der Waals surface area contributed by atoms with Crippen LogP contribution >= 0.6 is 11.3 Å². The number of hydrogen-bond acceptors (Lipinski definition) is 6. The minimum absolute atomic E-state index is 0.0898. The SMILES string of the molecule is Cc1cc(NC(=O)c2cc(COc3ccccc3[N+](=O)[O-])cs2)n(C(C)C)n1. The van der Waals surface area contributed by atoms with E-state index in [4.69, 9.17) is 4.74 Å². The van der Waals surface area contributed by atoms with E-state index in [-0.39, 0.29) is 30.0 Å². The number of nitrogens with zero attached hydrogens (tertiary/aromatic N) is 3. The summed E-state index contributed by atoms with van der Waals surface area (Å²) in [5, 5.41) is 20.1. The molecule has 0 fully saturated rings. The summed E-state index contributed by atoms with van der Waals surface area (Å²) in [6.07, 6.45) is 0. The molecule has 146 valence electrons. The number of hydrogen-bond donors (Lipinski definition) is 1. The van der Waals surface area contributed by atoms with Crippen LogP contribution in [-0.2, 0) is 6.61 Å². The normalized spacial score (nSPS) is 10.9. The Kier molecular flexibility index (Phi) is 5.74. The Morgan fingerprint density at radius 2 is 2.11 bits per heavy atom. The summed E-state index contributed by atoms with van der Waals surface area (Å²) in [6, 6.07) is 9.87. The van der Waals surface area contributed by atoms with Crippen LogP contribution in [0.1, 0.15) is 40.8 Å². The summed E-state index contributed by atoms with van der Waals surface area (Å²) in [6.45, 7) is 5.99. The second-order valence-electron chi connectivity index (χ2n) is 6.50. The highest BCUT2D eigenvalue weighted by Gasteiger charge is 2.16. The molecule has 0 unspecified atom stereocenters. The zero-order valence-corrected chi connectivity index (χ0v) is 16.5. The number of rotatable bonds is 7. The van der Waals surface area contributed by atoms with Gasteiger partial charge in [-0.05, 0) is 38.3 Å². The highest BCUT2D eigenvalue weighted by Crippen LogP contribution is 2.27. The molecule has 0 saturated carbocycles. The molecule has 1 amide bonds. The fourth-order valence-corrected chi connectivity index (χ4v) is 3.43. The summed E-state index contributed by atoms with van der Waals surface area (Å²) < 4.78 is 7.33. The first-order valence-electron chi connectivity index (χ1n) is 8.66. The number of benzene rings is 1. The third-order valence-electron chi connectivity index (χ3n) is 3.92. The van der Waals surface area contributed by atoms with Crippen LogP contribution in [-0.4, -0.2) is 20.6 Å². The van der Waals surface area contributed by atoms with Crippen LogP contribution in [0.15, 0.2) is 41.8 Å². The highest BCUT2D eigenvalue weighted by molar-refractivity contribution is 7.12. The molecule has 0 bridgehead atoms. The average Bonchev–Trinajstić information content (AvgIpc) is 3.26. The maximum atomic E-state index is 12.6. The molecule has 0 saturated heterocycles. The maximum absolute atomic E-state index is 12.6. The van der Waals surface area contributed by atoms with E-state index in [2.05, 4.69) is 10.4 Å². The predicted octanol–water partition coefficient (Wildman–Crippen LogP) is 4.57. The number of nitro benzene ring substituents is 1. The minimum atomic E-state index is -0.484. The van der Waals surface area contributed by atoms with E-state index in [0.717, 1.165) is 11.3 Å². The molecule has 0 radical (unpaired) electrons. The number of carbonyl (C=O) groups excluding carboxylic acids is 1. The van der Waals surface area contributed by atoms with Crippen molar-refractivity contribution in [2.24, 2.45) is 0 Å². The number of aryl methyl sites for hydroxylation is 1. The fourth-order valence-electron chi connectivity index (χ4n) is 2.64. The number of amides is 1. The molecule has 2 heterocycles. The molecule has 2 aromatic heterocycles.